The molecule has 1 N–H and O–H groups in total. The number of nitrogens with zero attached hydrogens (tertiary/aromatic N) is 3. The number of carbonyl (C=O) groups is 2. The van der Waals surface area contributed by atoms with E-state index in [0.717, 1.165) is 29.1 Å². The second-order valence-corrected chi connectivity index (χ2v) is 11.0. The number of morpholine rings is 1. The molecule has 0 radical (unpaired) electrons. The number of hydrogen-bond donors (Lipinski definition) is 1. The van der Waals surface area contributed by atoms with E-state index in [2.05, 4.69) is 10.2 Å². The largest absolute Gasteiger partial charge is 0.379 e. The highest BCUT2D eigenvalue weighted by atomic mass is 32.1. The topological polar surface area (TPSA) is 65.1 Å². The Hall–Kier alpha value is -2.49. The lowest BCUT2D eigenvalue weighted by Gasteiger charge is -2.33. The number of benzene rings is 1. The van der Waals surface area contributed by atoms with Gasteiger partial charge in [0, 0.05) is 43.1 Å². The molecule has 0 spiro atoms. The molecule has 3 amide bonds. The highest BCUT2D eigenvalue weighted by Gasteiger charge is 2.26. The van der Waals surface area contributed by atoms with E-state index < -0.39 is 5.54 Å². The van der Waals surface area contributed by atoms with Crippen molar-refractivity contribution in [1.82, 2.24) is 20.0 Å². The molecule has 2 aromatic rings. The minimum Gasteiger partial charge on any atom is -0.379 e. The SMILES string of the molecule is Cc1ccsc1CN(Cc1ccc(F)cc1)C(=O)CN(CCN1CCOCC1)C(=O)NC(C)(C)C. The summed E-state index contributed by atoms with van der Waals surface area (Å²) in [4.78, 5) is 33.4. The second kappa shape index (κ2) is 12.5. The van der Waals surface area contributed by atoms with Gasteiger partial charge >= 0.3 is 6.03 Å². The maximum absolute atomic E-state index is 13.6. The monoisotopic (exact) mass is 504 g/mol. The van der Waals surface area contributed by atoms with Crippen molar-refractivity contribution in [3.05, 3.63) is 57.5 Å². The summed E-state index contributed by atoms with van der Waals surface area (Å²) in [6.45, 7) is 12.7. The van der Waals surface area contributed by atoms with E-state index in [4.69, 9.17) is 4.74 Å². The zero-order valence-corrected chi connectivity index (χ0v) is 22.0. The van der Waals surface area contributed by atoms with E-state index in [-0.39, 0.29) is 24.3 Å². The van der Waals surface area contributed by atoms with Gasteiger partial charge in [-0.1, -0.05) is 12.1 Å². The molecular formula is C26H37FN4O3S. The smallest absolute Gasteiger partial charge is 0.318 e. The van der Waals surface area contributed by atoms with Crippen molar-refractivity contribution in [2.24, 2.45) is 0 Å². The molecule has 9 heteroatoms. The summed E-state index contributed by atoms with van der Waals surface area (Å²) in [7, 11) is 0. The molecule has 0 aliphatic carbocycles. The van der Waals surface area contributed by atoms with Crippen LogP contribution >= 0.6 is 11.3 Å². The van der Waals surface area contributed by atoms with Crippen LogP contribution in [0.2, 0.25) is 0 Å². The van der Waals surface area contributed by atoms with Gasteiger partial charge in [0.1, 0.15) is 12.4 Å². The summed E-state index contributed by atoms with van der Waals surface area (Å²) in [5.41, 5.74) is 1.55. The van der Waals surface area contributed by atoms with Crippen molar-refractivity contribution >= 4 is 23.3 Å². The van der Waals surface area contributed by atoms with Gasteiger partial charge in [-0.15, -0.1) is 11.3 Å². The van der Waals surface area contributed by atoms with Crippen LogP contribution in [-0.4, -0.2) is 78.1 Å². The third-order valence-electron chi connectivity index (χ3n) is 5.83. The molecule has 1 aliphatic heterocycles. The van der Waals surface area contributed by atoms with Crippen molar-refractivity contribution in [1.29, 1.82) is 0 Å². The molecule has 192 valence electrons. The average molecular weight is 505 g/mol. The van der Waals surface area contributed by atoms with Crippen LogP contribution in [0.4, 0.5) is 9.18 Å². The molecule has 1 aromatic carbocycles. The van der Waals surface area contributed by atoms with Crippen LogP contribution in [0.5, 0.6) is 0 Å². The van der Waals surface area contributed by atoms with E-state index in [1.165, 1.54) is 12.1 Å². The molecule has 0 atom stereocenters. The molecule has 0 unspecified atom stereocenters. The first kappa shape index (κ1) is 27.1. The zero-order chi connectivity index (χ0) is 25.4. The van der Waals surface area contributed by atoms with Crippen molar-refractivity contribution in [3.8, 4) is 0 Å². The third-order valence-corrected chi connectivity index (χ3v) is 6.83. The molecule has 0 saturated carbocycles. The van der Waals surface area contributed by atoms with E-state index in [1.54, 1.807) is 33.3 Å². The molecular weight excluding hydrogens is 467 g/mol. The minimum absolute atomic E-state index is 0.0299. The first-order valence-corrected chi connectivity index (χ1v) is 12.9. The number of thiophene rings is 1. The predicted molar refractivity (Wildman–Crippen MR) is 137 cm³/mol. The fourth-order valence-electron chi connectivity index (χ4n) is 3.78. The highest BCUT2D eigenvalue weighted by molar-refractivity contribution is 7.10. The highest BCUT2D eigenvalue weighted by Crippen LogP contribution is 2.20. The number of aryl methyl sites for hydroxylation is 1. The van der Waals surface area contributed by atoms with Crippen molar-refractivity contribution < 1.29 is 18.7 Å². The van der Waals surface area contributed by atoms with Crippen LogP contribution in [0.25, 0.3) is 0 Å². The Labute approximate surface area is 211 Å². The summed E-state index contributed by atoms with van der Waals surface area (Å²) in [5.74, 6) is -0.456. The van der Waals surface area contributed by atoms with Crippen LogP contribution in [0.15, 0.2) is 35.7 Å². The van der Waals surface area contributed by atoms with Crippen LogP contribution in [0, 0.1) is 12.7 Å². The quantitative estimate of drug-likeness (QED) is 0.563. The van der Waals surface area contributed by atoms with Gasteiger partial charge in [0.15, 0.2) is 0 Å². The summed E-state index contributed by atoms with van der Waals surface area (Å²) in [6.07, 6.45) is 0. The fraction of sp³-hybridized carbons (Fsp3) is 0.538. The zero-order valence-electron chi connectivity index (χ0n) is 21.2. The van der Waals surface area contributed by atoms with E-state index >= 15 is 0 Å². The van der Waals surface area contributed by atoms with Crippen molar-refractivity contribution in [3.63, 3.8) is 0 Å². The molecule has 2 heterocycles. The van der Waals surface area contributed by atoms with Crippen molar-refractivity contribution in [2.45, 2.75) is 46.3 Å². The maximum atomic E-state index is 13.6. The molecule has 7 nitrogen and oxygen atoms in total. The number of amides is 3. The Morgan fingerprint density at radius 2 is 1.77 bits per heavy atom. The normalized spacial score (nSPS) is 14.5. The fourth-order valence-corrected chi connectivity index (χ4v) is 4.71. The number of hydrogen-bond acceptors (Lipinski definition) is 5. The molecule has 1 fully saturated rings. The molecule has 1 saturated heterocycles. The molecule has 1 aromatic heterocycles. The first-order chi connectivity index (χ1) is 16.6. The maximum Gasteiger partial charge on any atom is 0.318 e. The Morgan fingerprint density at radius 1 is 1.09 bits per heavy atom. The van der Waals surface area contributed by atoms with Gasteiger partial charge in [-0.05, 0) is 62.4 Å². The molecule has 1 aliphatic rings. The minimum atomic E-state index is -0.417. The standard InChI is InChI=1S/C26H37FN4O3S/c1-20-9-16-35-23(20)18-31(17-21-5-7-22(27)8-6-21)24(32)19-30(25(33)28-26(2,3)4)11-10-29-12-14-34-15-13-29/h5-9,16H,10-15,17-19H2,1-4H3,(H,28,33). The molecule has 0 bridgehead atoms. The van der Waals surface area contributed by atoms with Crippen LogP contribution in [-0.2, 0) is 22.6 Å². The van der Waals surface area contributed by atoms with Gasteiger partial charge in [-0.25, -0.2) is 9.18 Å². The summed E-state index contributed by atoms with van der Waals surface area (Å²) >= 11 is 1.61. The average Bonchev–Trinajstić information content (AvgIpc) is 3.21. The van der Waals surface area contributed by atoms with Crippen LogP contribution in [0.3, 0.4) is 0 Å². The second-order valence-electron chi connectivity index (χ2n) is 9.96. The van der Waals surface area contributed by atoms with E-state index in [0.29, 0.717) is 39.4 Å². The summed E-state index contributed by atoms with van der Waals surface area (Å²) in [5, 5.41) is 5.01. The number of urea groups is 1. The van der Waals surface area contributed by atoms with Gasteiger partial charge in [0.05, 0.1) is 19.8 Å². The van der Waals surface area contributed by atoms with Crippen LogP contribution in [0.1, 0.15) is 36.8 Å². The van der Waals surface area contributed by atoms with Gasteiger partial charge < -0.3 is 19.9 Å². The van der Waals surface area contributed by atoms with Crippen LogP contribution < -0.4 is 5.32 Å². The Kier molecular flexibility index (Phi) is 9.65. The number of ether oxygens (including phenoxy) is 1. The van der Waals surface area contributed by atoms with Gasteiger partial charge in [-0.3, -0.25) is 9.69 Å². The van der Waals surface area contributed by atoms with Crippen molar-refractivity contribution in [2.75, 3.05) is 45.9 Å². The molecule has 3 rings (SSSR count). The van der Waals surface area contributed by atoms with E-state index in [9.17, 15) is 14.0 Å². The number of nitrogens with one attached hydrogen (secondary N) is 1. The number of carbonyl (C=O) groups excluding carboxylic acids is 2. The Balaban J connectivity index is 1.75. The Morgan fingerprint density at radius 3 is 2.37 bits per heavy atom. The predicted octanol–water partition coefficient (Wildman–Crippen LogP) is 3.87. The van der Waals surface area contributed by atoms with E-state index in [1.807, 2.05) is 39.1 Å². The number of halogens is 1. The Bertz CT molecular complexity index is 968. The van der Waals surface area contributed by atoms with Gasteiger partial charge in [-0.2, -0.15) is 0 Å². The van der Waals surface area contributed by atoms with Gasteiger partial charge in [0.2, 0.25) is 5.91 Å². The molecule has 35 heavy (non-hydrogen) atoms. The summed E-state index contributed by atoms with van der Waals surface area (Å²) < 4.78 is 18.9. The lowest BCUT2D eigenvalue weighted by molar-refractivity contribution is -0.133. The van der Waals surface area contributed by atoms with Gasteiger partial charge in [0.25, 0.3) is 0 Å². The third kappa shape index (κ3) is 8.91. The summed E-state index contributed by atoms with van der Waals surface area (Å²) in [6, 6.07) is 7.97. The lowest BCUT2D eigenvalue weighted by atomic mass is 10.1. The number of rotatable bonds is 9. The first-order valence-electron chi connectivity index (χ1n) is 12.0. The lowest BCUT2D eigenvalue weighted by Crippen LogP contribution is -2.53.